The predicted molar refractivity (Wildman–Crippen MR) is 74.8 cm³/mol. The molecule has 1 aliphatic carbocycles. The lowest BCUT2D eigenvalue weighted by atomic mass is 10.0. The second-order valence-corrected chi connectivity index (χ2v) is 5.81. The largest absolute Gasteiger partial charge is 0.388 e. The summed E-state index contributed by atoms with van der Waals surface area (Å²) in [4.78, 5) is 2.52. The first-order chi connectivity index (χ1) is 8.84. The van der Waals surface area contributed by atoms with E-state index in [-0.39, 0.29) is 6.10 Å². The zero-order valence-electron chi connectivity index (χ0n) is 11.0. The lowest BCUT2D eigenvalue weighted by Gasteiger charge is -2.28. The summed E-state index contributed by atoms with van der Waals surface area (Å²) in [6.45, 7) is 2.29. The van der Waals surface area contributed by atoms with Crippen LogP contribution in [0.25, 0.3) is 0 Å². The Morgan fingerprint density at radius 1 is 1.06 bits per heavy atom. The van der Waals surface area contributed by atoms with Gasteiger partial charge in [-0.05, 0) is 37.7 Å². The van der Waals surface area contributed by atoms with Gasteiger partial charge in [-0.15, -0.1) is 0 Å². The Kier molecular flexibility index (Phi) is 3.55. The van der Waals surface area contributed by atoms with Crippen LogP contribution < -0.4 is 4.90 Å². The molecule has 1 N–H and O–H groups in total. The maximum Gasteiger partial charge on any atom is 0.0810 e. The summed E-state index contributed by atoms with van der Waals surface area (Å²) in [6, 6.07) is 8.41. The molecular formula is C16H23NO. The standard InChI is InChI=1S/C16H23NO/c18-16-10-5-11-17(12-13-6-1-2-7-13)15-9-4-3-8-14(15)16/h3-4,8-9,13,16,18H,1-2,5-7,10-12H2. The number of para-hydroxylation sites is 1. The summed E-state index contributed by atoms with van der Waals surface area (Å²) in [5, 5.41) is 10.2. The van der Waals surface area contributed by atoms with Gasteiger partial charge in [-0.3, -0.25) is 0 Å². The summed E-state index contributed by atoms with van der Waals surface area (Å²) in [5.74, 6) is 0.869. The average Bonchev–Trinajstić information content (AvgIpc) is 2.85. The number of anilines is 1. The third kappa shape index (κ3) is 2.39. The molecule has 0 spiro atoms. The molecule has 1 unspecified atom stereocenters. The van der Waals surface area contributed by atoms with Crippen molar-refractivity contribution in [1.29, 1.82) is 0 Å². The quantitative estimate of drug-likeness (QED) is 0.862. The molecule has 0 bridgehead atoms. The predicted octanol–water partition coefficient (Wildman–Crippen LogP) is 3.51. The number of hydrogen-bond donors (Lipinski definition) is 1. The van der Waals surface area contributed by atoms with Gasteiger partial charge in [0.25, 0.3) is 0 Å². The van der Waals surface area contributed by atoms with Crippen LogP contribution in [0.1, 0.15) is 50.2 Å². The molecule has 0 amide bonds. The highest BCUT2D eigenvalue weighted by Crippen LogP contribution is 2.34. The first kappa shape index (κ1) is 12.0. The van der Waals surface area contributed by atoms with Gasteiger partial charge >= 0.3 is 0 Å². The van der Waals surface area contributed by atoms with Crippen LogP contribution in [0.15, 0.2) is 24.3 Å². The van der Waals surface area contributed by atoms with Gasteiger partial charge in [-0.1, -0.05) is 31.0 Å². The van der Waals surface area contributed by atoms with E-state index in [1.165, 1.54) is 37.9 Å². The van der Waals surface area contributed by atoms with Gasteiger partial charge in [0.15, 0.2) is 0 Å². The smallest absolute Gasteiger partial charge is 0.0810 e. The molecular weight excluding hydrogens is 222 g/mol. The number of nitrogens with zero attached hydrogens (tertiary/aromatic N) is 1. The van der Waals surface area contributed by atoms with E-state index in [0.717, 1.165) is 30.9 Å². The molecule has 2 nitrogen and oxygen atoms in total. The monoisotopic (exact) mass is 245 g/mol. The van der Waals surface area contributed by atoms with Gasteiger partial charge in [0, 0.05) is 24.3 Å². The van der Waals surface area contributed by atoms with E-state index in [9.17, 15) is 5.11 Å². The van der Waals surface area contributed by atoms with Crippen LogP contribution in [0.4, 0.5) is 5.69 Å². The number of benzene rings is 1. The van der Waals surface area contributed by atoms with E-state index in [1.807, 2.05) is 6.07 Å². The van der Waals surface area contributed by atoms with Gasteiger partial charge in [-0.2, -0.15) is 0 Å². The van der Waals surface area contributed by atoms with Crippen molar-refractivity contribution in [2.45, 2.75) is 44.6 Å². The molecule has 1 aromatic rings. The molecule has 0 saturated heterocycles. The van der Waals surface area contributed by atoms with Crippen molar-refractivity contribution in [2.24, 2.45) is 5.92 Å². The van der Waals surface area contributed by atoms with Crippen molar-refractivity contribution in [2.75, 3.05) is 18.0 Å². The highest BCUT2D eigenvalue weighted by Gasteiger charge is 2.24. The Morgan fingerprint density at radius 2 is 1.83 bits per heavy atom. The second kappa shape index (κ2) is 5.31. The Hall–Kier alpha value is -1.02. The molecule has 0 aromatic heterocycles. The van der Waals surface area contributed by atoms with E-state index < -0.39 is 0 Å². The lowest BCUT2D eigenvalue weighted by Crippen LogP contribution is -2.29. The van der Waals surface area contributed by atoms with Crippen LogP contribution in [0.2, 0.25) is 0 Å². The molecule has 1 heterocycles. The van der Waals surface area contributed by atoms with Crippen molar-refractivity contribution in [3.63, 3.8) is 0 Å². The molecule has 1 saturated carbocycles. The summed E-state index contributed by atoms with van der Waals surface area (Å²) in [7, 11) is 0. The van der Waals surface area contributed by atoms with Gasteiger partial charge in [-0.25, -0.2) is 0 Å². The third-order valence-electron chi connectivity index (χ3n) is 4.50. The van der Waals surface area contributed by atoms with E-state index >= 15 is 0 Å². The number of fused-ring (bicyclic) bond motifs is 1. The van der Waals surface area contributed by atoms with Crippen molar-refractivity contribution in [1.82, 2.24) is 0 Å². The minimum absolute atomic E-state index is 0.269. The van der Waals surface area contributed by atoms with Crippen molar-refractivity contribution < 1.29 is 5.11 Å². The first-order valence-electron chi connectivity index (χ1n) is 7.36. The maximum absolute atomic E-state index is 10.2. The molecule has 18 heavy (non-hydrogen) atoms. The molecule has 3 rings (SSSR count). The van der Waals surface area contributed by atoms with E-state index in [4.69, 9.17) is 0 Å². The Balaban J connectivity index is 1.82. The highest BCUT2D eigenvalue weighted by atomic mass is 16.3. The third-order valence-corrected chi connectivity index (χ3v) is 4.50. The SMILES string of the molecule is OC1CCCN(CC2CCCC2)c2ccccc21. The Labute approximate surface area is 110 Å². The molecule has 0 radical (unpaired) electrons. The molecule has 1 aliphatic heterocycles. The Morgan fingerprint density at radius 3 is 2.67 bits per heavy atom. The average molecular weight is 245 g/mol. The van der Waals surface area contributed by atoms with E-state index in [1.54, 1.807) is 0 Å². The van der Waals surface area contributed by atoms with Crippen LogP contribution in [0.3, 0.4) is 0 Å². The van der Waals surface area contributed by atoms with Crippen LogP contribution in [-0.4, -0.2) is 18.2 Å². The van der Waals surface area contributed by atoms with E-state index in [2.05, 4.69) is 23.1 Å². The van der Waals surface area contributed by atoms with Crippen LogP contribution in [0.5, 0.6) is 0 Å². The van der Waals surface area contributed by atoms with Crippen LogP contribution >= 0.6 is 0 Å². The zero-order valence-corrected chi connectivity index (χ0v) is 11.0. The fourth-order valence-electron chi connectivity index (χ4n) is 3.50. The maximum atomic E-state index is 10.2. The van der Waals surface area contributed by atoms with Crippen LogP contribution in [0, 0.1) is 5.92 Å². The fraction of sp³-hybridized carbons (Fsp3) is 0.625. The molecule has 1 aromatic carbocycles. The van der Waals surface area contributed by atoms with Gasteiger partial charge < -0.3 is 10.0 Å². The van der Waals surface area contributed by atoms with Gasteiger partial charge in [0.05, 0.1) is 6.10 Å². The minimum Gasteiger partial charge on any atom is -0.388 e. The molecule has 2 heteroatoms. The summed E-state index contributed by atoms with van der Waals surface area (Å²) < 4.78 is 0. The minimum atomic E-state index is -0.269. The molecule has 1 atom stereocenters. The van der Waals surface area contributed by atoms with Crippen molar-refractivity contribution >= 4 is 5.69 Å². The highest BCUT2D eigenvalue weighted by molar-refractivity contribution is 5.55. The zero-order chi connectivity index (χ0) is 12.4. The lowest BCUT2D eigenvalue weighted by molar-refractivity contribution is 0.168. The number of aliphatic hydroxyl groups excluding tert-OH is 1. The first-order valence-corrected chi connectivity index (χ1v) is 7.36. The normalized spacial score (nSPS) is 24.9. The topological polar surface area (TPSA) is 23.5 Å². The fourth-order valence-corrected chi connectivity index (χ4v) is 3.50. The summed E-state index contributed by atoms with van der Waals surface area (Å²) in [5.41, 5.74) is 2.40. The van der Waals surface area contributed by atoms with Gasteiger partial charge in [0.2, 0.25) is 0 Å². The van der Waals surface area contributed by atoms with Crippen molar-refractivity contribution in [3.8, 4) is 0 Å². The number of aliphatic hydroxyl groups is 1. The molecule has 1 fully saturated rings. The number of rotatable bonds is 2. The Bertz CT molecular complexity index is 398. The molecule has 2 aliphatic rings. The summed E-state index contributed by atoms with van der Waals surface area (Å²) >= 11 is 0. The van der Waals surface area contributed by atoms with E-state index in [0.29, 0.717) is 0 Å². The second-order valence-electron chi connectivity index (χ2n) is 5.81. The van der Waals surface area contributed by atoms with Crippen LogP contribution in [-0.2, 0) is 0 Å². The van der Waals surface area contributed by atoms with Crippen molar-refractivity contribution in [3.05, 3.63) is 29.8 Å². The molecule has 98 valence electrons. The van der Waals surface area contributed by atoms with Gasteiger partial charge in [0.1, 0.15) is 0 Å². The summed E-state index contributed by atoms with van der Waals surface area (Å²) in [6.07, 6.45) is 7.32. The number of hydrogen-bond acceptors (Lipinski definition) is 2.